The number of hydrogen-bond acceptors (Lipinski definition) is 5. The molecule has 18 heavy (non-hydrogen) atoms. The maximum atomic E-state index is 12.0. The molecule has 2 rings (SSSR count). The molecule has 2 aromatic rings. The highest BCUT2D eigenvalue weighted by atomic mass is 16.5. The molecule has 0 aliphatic carbocycles. The van der Waals surface area contributed by atoms with Crippen molar-refractivity contribution in [3.8, 4) is 0 Å². The molecule has 0 aliphatic heterocycles. The van der Waals surface area contributed by atoms with Gasteiger partial charge in [0.15, 0.2) is 17.9 Å². The summed E-state index contributed by atoms with van der Waals surface area (Å²) in [5.41, 5.74) is 0.652. The number of aryl methyl sites for hydroxylation is 1. The van der Waals surface area contributed by atoms with Crippen molar-refractivity contribution in [1.29, 1.82) is 0 Å². The second kappa shape index (κ2) is 4.44. The highest BCUT2D eigenvalue weighted by Gasteiger charge is 2.10. The molecule has 0 spiro atoms. The number of hydrogen-bond donors (Lipinski definition) is 0. The van der Waals surface area contributed by atoms with Crippen LogP contribution >= 0.6 is 0 Å². The van der Waals surface area contributed by atoms with E-state index in [0.717, 1.165) is 0 Å². The van der Waals surface area contributed by atoms with Gasteiger partial charge in [0.2, 0.25) is 0 Å². The third-order valence-electron chi connectivity index (χ3n) is 2.37. The first-order chi connectivity index (χ1) is 8.50. The van der Waals surface area contributed by atoms with Crippen LogP contribution in [0.25, 0.3) is 11.2 Å². The fraction of sp³-hybridized carbons (Fsp3) is 0.273. The van der Waals surface area contributed by atoms with Gasteiger partial charge in [-0.25, -0.2) is 14.8 Å². The van der Waals surface area contributed by atoms with Gasteiger partial charge in [0.05, 0.1) is 6.33 Å². The summed E-state index contributed by atoms with van der Waals surface area (Å²) < 4.78 is 7.69. The van der Waals surface area contributed by atoms with E-state index in [1.54, 1.807) is 11.6 Å². The molecule has 0 amide bonds. The lowest BCUT2D eigenvalue weighted by molar-refractivity contribution is -0.142. The Morgan fingerprint density at radius 3 is 2.83 bits per heavy atom. The zero-order valence-corrected chi connectivity index (χ0v) is 10.1. The Hall–Kier alpha value is -2.44. The maximum absolute atomic E-state index is 12.0. The van der Waals surface area contributed by atoms with Crippen molar-refractivity contribution in [2.24, 2.45) is 7.05 Å². The molecule has 0 N–H and O–H groups in total. The average Bonchev–Trinajstić information content (AvgIpc) is 2.70. The number of nitrogens with zero attached hydrogens (tertiary/aromatic N) is 4. The van der Waals surface area contributed by atoms with Crippen molar-refractivity contribution in [2.75, 3.05) is 0 Å². The molecule has 0 unspecified atom stereocenters. The molecule has 0 fully saturated rings. The summed E-state index contributed by atoms with van der Waals surface area (Å²) in [6.07, 6.45) is 2.82. The molecule has 0 atom stereocenters. The fourth-order valence-electron chi connectivity index (χ4n) is 1.38. The lowest BCUT2D eigenvalue weighted by atomic mass is 10.4. The van der Waals surface area contributed by atoms with Gasteiger partial charge < -0.3 is 9.30 Å². The molecule has 0 saturated carbocycles. The van der Waals surface area contributed by atoms with Crippen molar-refractivity contribution in [1.82, 2.24) is 19.1 Å². The van der Waals surface area contributed by atoms with Crippen LogP contribution in [0.1, 0.15) is 6.92 Å². The minimum Gasteiger partial charge on any atom is -0.440 e. The highest BCUT2D eigenvalue weighted by Crippen LogP contribution is 2.02. The van der Waals surface area contributed by atoms with Crippen LogP contribution in [0.4, 0.5) is 0 Å². The molecule has 0 aliphatic rings. The summed E-state index contributed by atoms with van der Waals surface area (Å²) in [7, 11) is 1.74. The summed E-state index contributed by atoms with van der Waals surface area (Å²) in [4.78, 5) is 31.2. The lowest BCUT2D eigenvalue weighted by Gasteiger charge is -2.06. The van der Waals surface area contributed by atoms with Crippen molar-refractivity contribution in [3.63, 3.8) is 0 Å². The maximum Gasteiger partial charge on any atom is 0.334 e. The van der Waals surface area contributed by atoms with Crippen LogP contribution in [-0.4, -0.2) is 25.1 Å². The van der Waals surface area contributed by atoms with Gasteiger partial charge in [-0.2, -0.15) is 0 Å². The Labute approximate surface area is 102 Å². The number of rotatable bonds is 3. The first-order valence-corrected chi connectivity index (χ1v) is 5.20. The largest absolute Gasteiger partial charge is 0.440 e. The zero-order chi connectivity index (χ0) is 13.3. The average molecular weight is 248 g/mol. The van der Waals surface area contributed by atoms with E-state index in [1.807, 2.05) is 0 Å². The van der Waals surface area contributed by atoms with Gasteiger partial charge in [0.1, 0.15) is 6.33 Å². The Morgan fingerprint density at radius 2 is 2.17 bits per heavy atom. The Bertz CT molecular complexity index is 683. The third-order valence-corrected chi connectivity index (χ3v) is 2.37. The van der Waals surface area contributed by atoms with E-state index >= 15 is 0 Å². The van der Waals surface area contributed by atoms with Gasteiger partial charge in [-0.15, -0.1) is 0 Å². The molecule has 0 saturated heterocycles. The topological polar surface area (TPSA) is 79.0 Å². The second-order valence-corrected chi connectivity index (χ2v) is 3.89. The van der Waals surface area contributed by atoms with E-state index in [9.17, 15) is 9.59 Å². The van der Waals surface area contributed by atoms with Crippen LogP contribution in [0, 0.1) is 0 Å². The van der Waals surface area contributed by atoms with Gasteiger partial charge in [-0.1, -0.05) is 6.58 Å². The summed E-state index contributed by atoms with van der Waals surface area (Å²) >= 11 is 0. The van der Waals surface area contributed by atoms with E-state index < -0.39 is 5.97 Å². The fourth-order valence-corrected chi connectivity index (χ4v) is 1.38. The van der Waals surface area contributed by atoms with Crippen LogP contribution in [0.15, 0.2) is 29.6 Å². The standard InChI is InChI=1S/C11H12N4O3/c1-7(2)11(17)18-6-15-5-13-9-8(10(15)16)12-4-14(9)3/h4-5H,1,6H2,2-3H3. The van der Waals surface area contributed by atoms with Crippen LogP contribution in [-0.2, 0) is 23.3 Å². The highest BCUT2D eigenvalue weighted by molar-refractivity contribution is 5.86. The van der Waals surface area contributed by atoms with E-state index in [2.05, 4.69) is 16.5 Å². The normalized spacial score (nSPS) is 10.6. The summed E-state index contributed by atoms with van der Waals surface area (Å²) in [6, 6.07) is 0. The molecule has 7 heteroatoms. The van der Waals surface area contributed by atoms with Crippen LogP contribution in [0.3, 0.4) is 0 Å². The van der Waals surface area contributed by atoms with Gasteiger partial charge in [0.25, 0.3) is 5.56 Å². The molecule has 2 heterocycles. The van der Waals surface area contributed by atoms with E-state index in [0.29, 0.717) is 5.65 Å². The number of carbonyl (C=O) groups excluding carboxylic acids is 1. The van der Waals surface area contributed by atoms with Gasteiger partial charge in [-0.3, -0.25) is 9.36 Å². The van der Waals surface area contributed by atoms with Crippen LogP contribution in [0.5, 0.6) is 0 Å². The van der Waals surface area contributed by atoms with Crippen LogP contribution in [0.2, 0.25) is 0 Å². The predicted molar refractivity (Wildman–Crippen MR) is 63.7 cm³/mol. The predicted octanol–water partition coefficient (Wildman–Crippen LogP) is 0.207. The number of fused-ring (bicyclic) bond motifs is 1. The second-order valence-electron chi connectivity index (χ2n) is 3.89. The molecule has 0 radical (unpaired) electrons. The molecule has 2 aromatic heterocycles. The summed E-state index contributed by atoms with van der Waals surface area (Å²) in [5, 5.41) is 0. The van der Waals surface area contributed by atoms with Crippen LogP contribution < -0.4 is 5.56 Å². The first kappa shape index (κ1) is 12.0. The molecular formula is C11H12N4O3. The number of ether oxygens (including phenoxy) is 1. The van der Waals surface area contributed by atoms with Gasteiger partial charge >= 0.3 is 5.97 Å². The summed E-state index contributed by atoms with van der Waals surface area (Å²) in [6.45, 7) is 4.78. The number of aromatic nitrogens is 4. The van der Waals surface area contributed by atoms with E-state index in [-0.39, 0.29) is 23.4 Å². The minimum atomic E-state index is -0.553. The van der Waals surface area contributed by atoms with Crippen molar-refractivity contribution >= 4 is 17.1 Å². The number of esters is 1. The molecule has 94 valence electrons. The Morgan fingerprint density at radius 1 is 1.44 bits per heavy atom. The van der Waals surface area contributed by atoms with E-state index in [4.69, 9.17) is 4.74 Å². The summed E-state index contributed by atoms with van der Waals surface area (Å²) in [5.74, 6) is -0.553. The lowest BCUT2D eigenvalue weighted by Crippen LogP contribution is -2.23. The van der Waals surface area contributed by atoms with Crippen molar-refractivity contribution in [2.45, 2.75) is 13.7 Å². The first-order valence-electron chi connectivity index (χ1n) is 5.20. The SMILES string of the molecule is C=C(C)C(=O)OCn1cnc2c(ncn2C)c1=O. The van der Waals surface area contributed by atoms with Crippen molar-refractivity contribution < 1.29 is 9.53 Å². The van der Waals surface area contributed by atoms with Gasteiger partial charge in [-0.05, 0) is 6.92 Å². The van der Waals surface area contributed by atoms with Crippen molar-refractivity contribution in [3.05, 3.63) is 35.2 Å². The minimum absolute atomic E-state index is 0.204. The molecular weight excluding hydrogens is 236 g/mol. The Balaban J connectivity index is 2.30. The monoisotopic (exact) mass is 248 g/mol. The zero-order valence-electron chi connectivity index (χ0n) is 10.1. The quantitative estimate of drug-likeness (QED) is 0.573. The number of carbonyl (C=O) groups is 1. The third kappa shape index (κ3) is 2.02. The molecule has 0 aromatic carbocycles. The van der Waals surface area contributed by atoms with E-state index in [1.165, 1.54) is 24.1 Å². The molecule has 7 nitrogen and oxygen atoms in total. The molecule has 0 bridgehead atoms. The number of imidazole rings is 1. The smallest absolute Gasteiger partial charge is 0.334 e. The van der Waals surface area contributed by atoms with Gasteiger partial charge in [0, 0.05) is 12.6 Å². The Kier molecular flexibility index (Phi) is 2.97.